The van der Waals surface area contributed by atoms with Crippen LogP contribution in [0, 0.1) is 0 Å². The van der Waals surface area contributed by atoms with Gasteiger partial charge in [0.25, 0.3) is 5.56 Å². The van der Waals surface area contributed by atoms with Gasteiger partial charge in [0.2, 0.25) is 21.9 Å². The average molecular weight is 723 g/mol. The molecule has 4 aromatic rings. The summed E-state index contributed by atoms with van der Waals surface area (Å²) < 4.78 is 51.8. The second-order valence-corrected chi connectivity index (χ2v) is 13.9. The number of nitrogens with zero attached hydrogens (tertiary/aromatic N) is 4. The van der Waals surface area contributed by atoms with Gasteiger partial charge in [-0.2, -0.15) is 4.98 Å². The average Bonchev–Trinajstić information content (AvgIpc) is 3.61. The van der Waals surface area contributed by atoms with Gasteiger partial charge in [-0.3, -0.25) is 38.4 Å². The molecule has 51 heavy (non-hydrogen) atoms. The molecule has 268 valence electrons. The molecule has 0 bridgehead atoms. The van der Waals surface area contributed by atoms with E-state index < -0.39 is 76.0 Å². The van der Waals surface area contributed by atoms with Gasteiger partial charge in [-0.1, -0.05) is 48.5 Å². The van der Waals surface area contributed by atoms with E-state index in [9.17, 15) is 32.4 Å². The van der Waals surface area contributed by atoms with Crippen LogP contribution in [0.1, 0.15) is 57.1 Å². The number of amides is 1. The molecule has 2 aromatic carbocycles. The lowest BCUT2D eigenvalue weighted by molar-refractivity contribution is -0.166. The predicted octanol–water partition coefficient (Wildman–Crippen LogP) is 1.81. The van der Waals surface area contributed by atoms with Crippen molar-refractivity contribution in [2.24, 2.45) is 0 Å². The van der Waals surface area contributed by atoms with Crippen molar-refractivity contribution in [3.05, 3.63) is 76.3 Å². The Bertz CT molecular complexity index is 2220. The molecular weight excluding hydrogens is 688 g/mol. The highest BCUT2D eigenvalue weighted by Gasteiger charge is 2.51. The van der Waals surface area contributed by atoms with Gasteiger partial charge in [0.05, 0.1) is 24.7 Å². The number of anilines is 1. The van der Waals surface area contributed by atoms with Crippen molar-refractivity contribution in [2.45, 2.75) is 64.3 Å². The van der Waals surface area contributed by atoms with E-state index in [-0.39, 0.29) is 23.7 Å². The highest BCUT2D eigenvalue weighted by molar-refractivity contribution is 7.88. The summed E-state index contributed by atoms with van der Waals surface area (Å²) in [7, 11) is -3.86. The largest absolute Gasteiger partial charge is 0.463 e. The number of nitrogens with one attached hydrogen (secondary N) is 2. The van der Waals surface area contributed by atoms with Crippen molar-refractivity contribution in [1.82, 2.24) is 24.2 Å². The number of hydrogen-bond donors (Lipinski definition) is 2. The first-order valence-corrected chi connectivity index (χ1v) is 17.6. The summed E-state index contributed by atoms with van der Waals surface area (Å²) in [5.41, 5.74) is 1.61. The second kappa shape index (κ2) is 13.7. The number of carbonyl (C=O) groups excluding carboxylic acids is 4. The Labute approximate surface area is 290 Å². The molecule has 0 saturated carbocycles. The molecule has 6 rings (SSSR count). The molecule has 6 atom stereocenters. The van der Waals surface area contributed by atoms with Crippen LogP contribution in [0.25, 0.3) is 22.3 Å². The van der Waals surface area contributed by atoms with Gasteiger partial charge < -0.3 is 18.9 Å². The molecular formula is C33H34N6O11S. The summed E-state index contributed by atoms with van der Waals surface area (Å²) in [5.74, 6) is -2.97. The van der Waals surface area contributed by atoms with Gasteiger partial charge in [0.1, 0.15) is 12.7 Å². The first kappa shape index (κ1) is 35.4. The van der Waals surface area contributed by atoms with E-state index in [1.54, 1.807) is 24.3 Å². The SMILES string of the molecule is CC(=O)OC[C@H]1O[C@@H](n2cnc3c(=O)[nH]c(N(C(C)=O)[C@H]4c5ccccc5-c5ccccc5[C@@H]4NS(C)(=O)=O)nc32)[C@H](OC(C)=O)[C@@H]1OC(C)=O. The topological polar surface area (TPSA) is 218 Å². The lowest BCUT2D eigenvalue weighted by atomic mass is 9.79. The van der Waals surface area contributed by atoms with Gasteiger partial charge in [0, 0.05) is 27.7 Å². The van der Waals surface area contributed by atoms with Gasteiger partial charge in [-0.05, 0) is 22.3 Å². The smallest absolute Gasteiger partial charge is 0.303 e. The van der Waals surface area contributed by atoms with E-state index in [2.05, 4.69) is 19.7 Å². The van der Waals surface area contributed by atoms with Crippen LogP contribution in [-0.2, 0) is 48.1 Å². The third-order valence-corrected chi connectivity index (χ3v) is 9.08. The number of fused-ring (bicyclic) bond motifs is 4. The lowest BCUT2D eigenvalue weighted by Crippen LogP contribution is -2.45. The standard InChI is InChI=1S/C33H34N6O11S/c1-16(40)39(27-23-13-9-7-11-21(23)20-10-6-8-12-22(20)25(27)37-51(5,45)46)33-35-30-26(31(44)36-33)34-15-38(30)32-29(49-19(4)43)28(48-18(3)42)24(50-32)14-47-17(2)41/h6-13,15,24-25,27-29,32,37H,14H2,1-5H3,(H,35,36,44)/t24-,25+,27+,28-,29-,32-/m1/s1. The van der Waals surface area contributed by atoms with Crippen molar-refractivity contribution in [2.75, 3.05) is 17.8 Å². The monoisotopic (exact) mass is 722 g/mol. The zero-order chi connectivity index (χ0) is 36.8. The second-order valence-electron chi connectivity index (χ2n) is 12.1. The van der Waals surface area contributed by atoms with Gasteiger partial charge >= 0.3 is 17.9 Å². The normalized spacial score (nSPS) is 22.5. The number of aromatic nitrogens is 4. The van der Waals surface area contributed by atoms with Crippen LogP contribution in [0.5, 0.6) is 0 Å². The van der Waals surface area contributed by atoms with Crippen molar-refractivity contribution in [1.29, 1.82) is 0 Å². The molecule has 18 heteroatoms. The molecule has 0 unspecified atom stereocenters. The molecule has 1 aliphatic carbocycles. The number of H-pyrrole nitrogens is 1. The van der Waals surface area contributed by atoms with E-state index in [0.29, 0.717) is 11.1 Å². The Morgan fingerprint density at radius 3 is 2.14 bits per heavy atom. The third kappa shape index (κ3) is 6.97. The molecule has 1 saturated heterocycles. The van der Waals surface area contributed by atoms with Crippen molar-refractivity contribution >= 4 is 51.0 Å². The summed E-state index contributed by atoms with van der Waals surface area (Å²) >= 11 is 0. The maximum absolute atomic E-state index is 13.7. The molecule has 1 amide bonds. The van der Waals surface area contributed by atoms with Gasteiger partial charge in [0.15, 0.2) is 29.6 Å². The molecule has 1 aliphatic heterocycles. The van der Waals surface area contributed by atoms with Crippen molar-refractivity contribution in [3.63, 3.8) is 0 Å². The Morgan fingerprint density at radius 2 is 1.53 bits per heavy atom. The predicted molar refractivity (Wildman–Crippen MR) is 178 cm³/mol. The molecule has 0 radical (unpaired) electrons. The summed E-state index contributed by atoms with van der Waals surface area (Å²) in [6.45, 7) is 4.34. The van der Waals surface area contributed by atoms with E-state index in [1.165, 1.54) is 29.6 Å². The number of sulfonamides is 1. The Morgan fingerprint density at radius 1 is 0.922 bits per heavy atom. The molecule has 2 aromatic heterocycles. The fourth-order valence-corrected chi connectivity index (χ4v) is 7.34. The summed E-state index contributed by atoms with van der Waals surface area (Å²) in [4.78, 5) is 76.0. The Balaban J connectivity index is 1.52. The number of rotatable bonds is 9. The lowest BCUT2D eigenvalue weighted by Gasteiger charge is -2.40. The van der Waals surface area contributed by atoms with Crippen LogP contribution in [0.4, 0.5) is 5.95 Å². The molecule has 2 aliphatic rings. The number of esters is 3. The minimum atomic E-state index is -3.86. The van der Waals surface area contributed by atoms with E-state index in [1.807, 2.05) is 24.3 Å². The van der Waals surface area contributed by atoms with Crippen LogP contribution >= 0.6 is 0 Å². The van der Waals surface area contributed by atoms with Crippen LogP contribution in [0.3, 0.4) is 0 Å². The van der Waals surface area contributed by atoms with Crippen molar-refractivity contribution in [3.8, 4) is 11.1 Å². The maximum Gasteiger partial charge on any atom is 0.303 e. The number of ether oxygens (including phenoxy) is 4. The van der Waals surface area contributed by atoms with Crippen LogP contribution in [0.2, 0.25) is 0 Å². The van der Waals surface area contributed by atoms with E-state index in [4.69, 9.17) is 18.9 Å². The Kier molecular flexibility index (Phi) is 9.49. The number of aromatic amines is 1. The zero-order valence-corrected chi connectivity index (χ0v) is 28.9. The third-order valence-electron chi connectivity index (χ3n) is 8.40. The van der Waals surface area contributed by atoms with Gasteiger partial charge in [-0.25, -0.2) is 18.1 Å². The van der Waals surface area contributed by atoms with Crippen LogP contribution in [0.15, 0.2) is 59.7 Å². The number of imidazole rings is 1. The zero-order valence-electron chi connectivity index (χ0n) is 28.1. The van der Waals surface area contributed by atoms with Crippen LogP contribution in [-0.4, -0.2) is 82.9 Å². The van der Waals surface area contributed by atoms with Crippen LogP contribution < -0.4 is 15.2 Å². The molecule has 0 spiro atoms. The number of hydrogen-bond acceptors (Lipinski definition) is 13. The molecule has 17 nitrogen and oxygen atoms in total. The molecule has 2 N–H and O–H groups in total. The fourth-order valence-electron chi connectivity index (χ4n) is 6.62. The first-order chi connectivity index (χ1) is 24.1. The maximum atomic E-state index is 13.7. The first-order valence-electron chi connectivity index (χ1n) is 15.7. The van der Waals surface area contributed by atoms with E-state index in [0.717, 1.165) is 31.2 Å². The van der Waals surface area contributed by atoms with E-state index >= 15 is 0 Å². The highest BCUT2D eigenvalue weighted by Crippen LogP contribution is 2.48. The van der Waals surface area contributed by atoms with Crippen molar-refractivity contribution < 1.29 is 46.5 Å². The van der Waals surface area contributed by atoms with Gasteiger partial charge in [-0.15, -0.1) is 0 Å². The summed E-state index contributed by atoms with van der Waals surface area (Å²) in [5, 5.41) is 0. The summed E-state index contributed by atoms with van der Waals surface area (Å²) in [6, 6.07) is 12.3. The molecule has 1 fully saturated rings. The highest BCUT2D eigenvalue weighted by atomic mass is 32.2. The number of benzene rings is 2. The minimum Gasteiger partial charge on any atom is -0.463 e. The minimum absolute atomic E-state index is 0.117. The fraction of sp³-hybridized carbons (Fsp3) is 0.364. The number of carbonyl (C=O) groups is 4. The molecule has 3 heterocycles. The summed E-state index contributed by atoms with van der Waals surface area (Å²) in [6.07, 6.45) is -2.77. The quantitative estimate of drug-likeness (QED) is 0.186. The Hall–Kier alpha value is -5.46.